The summed E-state index contributed by atoms with van der Waals surface area (Å²) in [5.41, 5.74) is 2.64. The predicted octanol–water partition coefficient (Wildman–Crippen LogP) is 6.04. The maximum absolute atomic E-state index is 14.3. The van der Waals surface area contributed by atoms with Gasteiger partial charge in [0.05, 0.1) is 54.3 Å². The molecule has 2 aliphatic rings. The van der Waals surface area contributed by atoms with E-state index in [4.69, 9.17) is 32.6 Å². The lowest BCUT2D eigenvalue weighted by atomic mass is 10.0. The Morgan fingerprint density at radius 2 is 1.91 bits per heavy atom. The summed E-state index contributed by atoms with van der Waals surface area (Å²) < 4.78 is 81.2. The van der Waals surface area contributed by atoms with E-state index >= 15 is 0 Å². The molecule has 0 bridgehead atoms. The summed E-state index contributed by atoms with van der Waals surface area (Å²) >= 11 is 5.72. The first-order chi connectivity index (χ1) is 22.6. The van der Waals surface area contributed by atoms with Gasteiger partial charge in [-0.2, -0.15) is 18.3 Å². The molecule has 0 unspecified atom stereocenters. The molecule has 1 aromatic carbocycles. The SMILES string of the molecule is [C-]#[N+]c1cc2c(nc1OCc1c(F)cc(Cl)cc1F)CN(Cc1nc3cc(-c4n[nH]c(C(F)(F)F)n4)ncc3n1C[C@@H]1CCO1)CC2. The maximum atomic E-state index is 14.3. The third-order valence-corrected chi connectivity index (χ3v) is 8.25. The van der Waals surface area contributed by atoms with Gasteiger partial charge >= 0.3 is 6.18 Å². The van der Waals surface area contributed by atoms with Gasteiger partial charge in [0.15, 0.2) is 5.82 Å². The second-order valence-corrected chi connectivity index (χ2v) is 11.5. The van der Waals surface area contributed by atoms with Gasteiger partial charge in [0.25, 0.3) is 0 Å². The number of nitrogens with one attached hydrogen (secondary N) is 1. The van der Waals surface area contributed by atoms with Crippen LogP contribution < -0.4 is 4.74 Å². The first-order valence-corrected chi connectivity index (χ1v) is 14.8. The predicted molar refractivity (Wildman–Crippen MR) is 156 cm³/mol. The standard InChI is InChI=1S/C30H23ClF5N9O2/c1-37-23-6-15-2-4-44(12-24(15)40-28(23)47-14-18-19(32)7-16(31)8-20(18)33)13-26-39-21-9-22(27-41-29(43-42-27)30(34,35)36)38-10-25(21)45(26)11-17-3-5-46-17/h6-10,17H,2-5,11-14H2,(H,41,42,43)/t17-/m0/s1. The molecule has 47 heavy (non-hydrogen) atoms. The summed E-state index contributed by atoms with van der Waals surface area (Å²) in [5, 5.41) is 5.49. The fourth-order valence-electron chi connectivity index (χ4n) is 5.51. The molecule has 0 aliphatic carbocycles. The van der Waals surface area contributed by atoms with E-state index in [1.54, 1.807) is 18.3 Å². The number of imidazole rings is 1. The largest absolute Gasteiger partial charge is 0.481 e. The Morgan fingerprint density at radius 3 is 2.60 bits per heavy atom. The van der Waals surface area contributed by atoms with Crippen molar-refractivity contribution in [2.75, 3.05) is 13.2 Å². The van der Waals surface area contributed by atoms with E-state index in [9.17, 15) is 22.0 Å². The third-order valence-electron chi connectivity index (χ3n) is 8.03. The van der Waals surface area contributed by atoms with Crippen molar-refractivity contribution < 1.29 is 31.4 Å². The first-order valence-electron chi connectivity index (χ1n) is 14.4. The molecule has 0 spiro atoms. The molecule has 2 aliphatic heterocycles. The molecule has 4 aromatic heterocycles. The van der Waals surface area contributed by atoms with Gasteiger partial charge in [0.1, 0.15) is 29.8 Å². The zero-order chi connectivity index (χ0) is 32.9. The van der Waals surface area contributed by atoms with Crippen LogP contribution in [0.3, 0.4) is 0 Å². The van der Waals surface area contributed by atoms with Crippen molar-refractivity contribution in [1.82, 2.24) is 39.6 Å². The highest BCUT2D eigenvalue weighted by molar-refractivity contribution is 6.30. The molecule has 1 N–H and O–H groups in total. The number of hydrogen-bond acceptors (Lipinski definition) is 8. The average Bonchev–Trinajstić information content (AvgIpc) is 3.63. The number of hydrogen-bond donors (Lipinski definition) is 1. The molecule has 1 saturated heterocycles. The number of pyridine rings is 2. The van der Waals surface area contributed by atoms with Crippen LogP contribution in [0.15, 0.2) is 30.5 Å². The number of aromatic amines is 1. The Bertz CT molecular complexity index is 2010. The Balaban J connectivity index is 1.14. The Labute approximate surface area is 268 Å². The second kappa shape index (κ2) is 12.1. The smallest absolute Gasteiger partial charge is 0.451 e. The van der Waals surface area contributed by atoms with Crippen molar-refractivity contribution in [3.05, 3.63) is 87.0 Å². The van der Waals surface area contributed by atoms with Crippen molar-refractivity contribution in [3.63, 3.8) is 0 Å². The van der Waals surface area contributed by atoms with Gasteiger partial charge in [-0.15, -0.1) is 0 Å². The van der Waals surface area contributed by atoms with E-state index in [0.717, 1.165) is 24.1 Å². The summed E-state index contributed by atoms with van der Waals surface area (Å²) in [5.74, 6) is -2.51. The molecule has 1 atom stereocenters. The molecule has 11 nitrogen and oxygen atoms in total. The van der Waals surface area contributed by atoms with Gasteiger partial charge in [-0.1, -0.05) is 11.6 Å². The van der Waals surface area contributed by atoms with Gasteiger partial charge in [-0.05, 0) is 42.7 Å². The number of aromatic nitrogens is 7. The second-order valence-electron chi connectivity index (χ2n) is 11.1. The molecule has 0 saturated carbocycles. The Kier molecular flexibility index (Phi) is 7.98. The highest BCUT2D eigenvalue weighted by atomic mass is 35.5. The summed E-state index contributed by atoms with van der Waals surface area (Å²) in [4.78, 5) is 22.9. The van der Waals surface area contributed by atoms with E-state index in [2.05, 4.69) is 29.8 Å². The van der Waals surface area contributed by atoms with Crippen LogP contribution in [0.1, 0.15) is 34.9 Å². The van der Waals surface area contributed by atoms with Gasteiger partial charge in [-0.3, -0.25) is 15.0 Å². The lowest BCUT2D eigenvalue weighted by molar-refractivity contribution is -0.144. The van der Waals surface area contributed by atoms with Gasteiger partial charge in [-0.25, -0.2) is 28.6 Å². The minimum atomic E-state index is -4.67. The molecule has 0 amide bonds. The van der Waals surface area contributed by atoms with Crippen LogP contribution in [0.4, 0.5) is 27.6 Å². The number of fused-ring (bicyclic) bond motifs is 2. The van der Waals surface area contributed by atoms with Crippen LogP contribution in [0.2, 0.25) is 5.02 Å². The number of nitrogens with zero attached hydrogens (tertiary/aromatic N) is 8. The van der Waals surface area contributed by atoms with E-state index in [-0.39, 0.29) is 39.8 Å². The normalized spacial score (nSPS) is 16.6. The Hall–Kier alpha value is -4.72. The van der Waals surface area contributed by atoms with Crippen molar-refractivity contribution in [1.29, 1.82) is 0 Å². The number of rotatable bonds is 8. The summed E-state index contributed by atoms with van der Waals surface area (Å²) in [6, 6.07) is 5.20. The zero-order valence-electron chi connectivity index (χ0n) is 24.3. The third kappa shape index (κ3) is 6.21. The number of benzene rings is 1. The maximum Gasteiger partial charge on any atom is 0.451 e. The van der Waals surface area contributed by atoms with Crippen LogP contribution in [0, 0.1) is 18.2 Å². The Morgan fingerprint density at radius 1 is 1.13 bits per heavy atom. The van der Waals surface area contributed by atoms with Crippen LogP contribution in [-0.2, 0) is 43.6 Å². The number of alkyl halides is 3. The fourth-order valence-corrected chi connectivity index (χ4v) is 5.70. The quantitative estimate of drug-likeness (QED) is 0.157. The molecular formula is C30H23ClF5N9O2. The fraction of sp³-hybridized carbons (Fsp3) is 0.333. The molecular weight excluding hydrogens is 649 g/mol. The van der Waals surface area contributed by atoms with E-state index < -0.39 is 30.2 Å². The highest BCUT2D eigenvalue weighted by Crippen LogP contribution is 2.33. The van der Waals surface area contributed by atoms with E-state index in [1.165, 1.54) is 0 Å². The van der Waals surface area contributed by atoms with Crippen LogP contribution >= 0.6 is 11.6 Å². The number of halogens is 6. The van der Waals surface area contributed by atoms with E-state index in [1.807, 2.05) is 9.67 Å². The van der Waals surface area contributed by atoms with Crippen molar-refractivity contribution in [2.45, 2.75) is 51.4 Å². The minimum absolute atomic E-state index is 0.0148. The van der Waals surface area contributed by atoms with Crippen molar-refractivity contribution >= 4 is 28.3 Å². The molecule has 1 fully saturated rings. The van der Waals surface area contributed by atoms with Gasteiger partial charge in [0.2, 0.25) is 17.4 Å². The lowest BCUT2D eigenvalue weighted by Crippen LogP contribution is -2.34. The zero-order valence-corrected chi connectivity index (χ0v) is 25.0. The molecule has 5 aromatic rings. The van der Waals surface area contributed by atoms with E-state index in [0.29, 0.717) is 61.8 Å². The lowest BCUT2D eigenvalue weighted by Gasteiger charge is -2.30. The van der Waals surface area contributed by atoms with Crippen LogP contribution in [0.25, 0.3) is 27.4 Å². The summed E-state index contributed by atoms with van der Waals surface area (Å²) in [7, 11) is 0. The molecule has 6 heterocycles. The van der Waals surface area contributed by atoms with Crippen molar-refractivity contribution in [2.24, 2.45) is 0 Å². The number of ether oxygens (including phenoxy) is 2. The number of H-pyrrole nitrogens is 1. The summed E-state index contributed by atoms with van der Waals surface area (Å²) in [6.07, 6.45) is -1.70. The topological polar surface area (TPSA) is 111 Å². The highest BCUT2D eigenvalue weighted by Gasteiger charge is 2.35. The monoisotopic (exact) mass is 671 g/mol. The van der Waals surface area contributed by atoms with Gasteiger partial charge in [0, 0.05) is 24.7 Å². The van der Waals surface area contributed by atoms with Crippen LogP contribution in [-0.4, -0.2) is 58.9 Å². The van der Waals surface area contributed by atoms with Crippen molar-refractivity contribution in [3.8, 4) is 17.4 Å². The molecule has 242 valence electrons. The summed E-state index contributed by atoms with van der Waals surface area (Å²) in [6.45, 7) is 9.65. The first kappa shape index (κ1) is 30.9. The van der Waals surface area contributed by atoms with Crippen LogP contribution in [0.5, 0.6) is 5.88 Å². The average molecular weight is 672 g/mol. The molecule has 7 rings (SSSR count). The van der Waals surface area contributed by atoms with Gasteiger partial charge < -0.3 is 14.0 Å². The molecule has 17 heteroatoms. The minimum Gasteiger partial charge on any atom is -0.481 e. The molecule has 0 radical (unpaired) electrons.